The second-order valence-corrected chi connectivity index (χ2v) is 7.64. The molecule has 22 heavy (non-hydrogen) atoms. The number of esters is 1. The zero-order chi connectivity index (χ0) is 16.0. The Morgan fingerprint density at radius 2 is 2.05 bits per heavy atom. The number of sulfone groups is 1. The standard InChI is InChI=1S/C17H22O4S/c1-2-12-22(19,20)16-11-7-6-10-15(16)17(18)21-13-14-8-4-3-5-9-14/h3-4,6-7,10-11,14H,2,5,8-9,12-13H2,1H3. The van der Waals surface area contributed by atoms with Gasteiger partial charge in [-0.1, -0.05) is 31.2 Å². The molecule has 0 saturated carbocycles. The molecule has 0 aromatic heterocycles. The number of ether oxygens (including phenoxy) is 1. The van der Waals surface area contributed by atoms with Gasteiger partial charge in [0.25, 0.3) is 0 Å². The Labute approximate surface area is 132 Å². The summed E-state index contributed by atoms with van der Waals surface area (Å²) in [5, 5.41) is 0. The molecule has 0 saturated heterocycles. The minimum absolute atomic E-state index is 0.0325. The Kier molecular flexibility index (Phi) is 5.77. The fourth-order valence-electron chi connectivity index (χ4n) is 2.56. The topological polar surface area (TPSA) is 60.4 Å². The molecule has 0 N–H and O–H groups in total. The van der Waals surface area contributed by atoms with Crippen molar-refractivity contribution in [3.8, 4) is 0 Å². The van der Waals surface area contributed by atoms with Crippen LogP contribution < -0.4 is 0 Å². The first-order chi connectivity index (χ1) is 10.5. The maximum Gasteiger partial charge on any atom is 0.339 e. The van der Waals surface area contributed by atoms with Crippen LogP contribution in [0.15, 0.2) is 41.3 Å². The minimum atomic E-state index is -3.44. The molecule has 2 rings (SSSR count). The molecule has 1 aromatic rings. The first-order valence-corrected chi connectivity index (χ1v) is 9.33. The fraction of sp³-hybridized carbons (Fsp3) is 0.471. The first-order valence-electron chi connectivity index (χ1n) is 7.68. The van der Waals surface area contributed by atoms with Gasteiger partial charge in [0.05, 0.1) is 22.8 Å². The number of allylic oxidation sites excluding steroid dienone is 2. The molecule has 1 aliphatic carbocycles. The summed E-state index contributed by atoms with van der Waals surface area (Å²) in [5.41, 5.74) is 0.141. The minimum Gasteiger partial charge on any atom is -0.462 e. The molecule has 1 aromatic carbocycles. The summed E-state index contributed by atoms with van der Waals surface area (Å²) >= 11 is 0. The molecule has 120 valence electrons. The Bertz CT molecular complexity index is 646. The highest BCUT2D eigenvalue weighted by Crippen LogP contribution is 2.21. The number of hydrogen-bond acceptors (Lipinski definition) is 4. The third-order valence-corrected chi connectivity index (χ3v) is 5.71. The van der Waals surface area contributed by atoms with E-state index in [0.717, 1.165) is 19.3 Å². The predicted octanol–water partition coefficient (Wildman–Crippen LogP) is 3.38. The summed E-state index contributed by atoms with van der Waals surface area (Å²) in [6.45, 7) is 2.14. The van der Waals surface area contributed by atoms with Gasteiger partial charge in [0.15, 0.2) is 9.84 Å². The summed E-state index contributed by atoms with van der Waals surface area (Å²) in [5.74, 6) is -0.191. The molecule has 0 spiro atoms. The summed E-state index contributed by atoms with van der Waals surface area (Å²) in [6.07, 6.45) is 7.65. The van der Waals surface area contributed by atoms with Crippen LogP contribution in [0.4, 0.5) is 0 Å². The highest BCUT2D eigenvalue weighted by Gasteiger charge is 2.23. The maximum atomic E-state index is 12.3. The van der Waals surface area contributed by atoms with Gasteiger partial charge in [-0.15, -0.1) is 0 Å². The molecule has 0 radical (unpaired) electrons. The van der Waals surface area contributed by atoms with Crippen molar-refractivity contribution in [2.24, 2.45) is 5.92 Å². The van der Waals surface area contributed by atoms with Crippen LogP contribution in [-0.2, 0) is 14.6 Å². The van der Waals surface area contributed by atoms with Gasteiger partial charge in [-0.05, 0) is 43.7 Å². The lowest BCUT2D eigenvalue weighted by Crippen LogP contribution is -2.18. The van der Waals surface area contributed by atoms with Crippen molar-refractivity contribution in [3.63, 3.8) is 0 Å². The Morgan fingerprint density at radius 3 is 2.73 bits per heavy atom. The lowest BCUT2D eigenvalue weighted by Gasteiger charge is -2.18. The van der Waals surface area contributed by atoms with E-state index in [1.165, 1.54) is 12.1 Å². The van der Waals surface area contributed by atoms with E-state index in [1.54, 1.807) is 19.1 Å². The number of benzene rings is 1. The number of rotatable bonds is 6. The second-order valence-electron chi connectivity index (χ2n) is 5.56. The van der Waals surface area contributed by atoms with Crippen LogP contribution in [0.2, 0.25) is 0 Å². The highest BCUT2D eigenvalue weighted by molar-refractivity contribution is 7.91. The molecule has 1 unspecified atom stereocenters. The van der Waals surface area contributed by atoms with Crippen molar-refractivity contribution >= 4 is 15.8 Å². The molecule has 0 fully saturated rings. The van der Waals surface area contributed by atoms with E-state index < -0.39 is 15.8 Å². The van der Waals surface area contributed by atoms with E-state index in [-0.39, 0.29) is 16.2 Å². The SMILES string of the molecule is CCCS(=O)(=O)c1ccccc1C(=O)OCC1CC=CCC1. The quantitative estimate of drug-likeness (QED) is 0.595. The van der Waals surface area contributed by atoms with E-state index in [9.17, 15) is 13.2 Å². The highest BCUT2D eigenvalue weighted by atomic mass is 32.2. The van der Waals surface area contributed by atoms with Crippen molar-refractivity contribution in [3.05, 3.63) is 42.0 Å². The van der Waals surface area contributed by atoms with Crippen LogP contribution in [0.25, 0.3) is 0 Å². The van der Waals surface area contributed by atoms with E-state index in [2.05, 4.69) is 12.2 Å². The third kappa shape index (κ3) is 4.19. The van der Waals surface area contributed by atoms with Gasteiger partial charge in [0, 0.05) is 0 Å². The summed E-state index contributed by atoms with van der Waals surface area (Å²) in [6, 6.07) is 6.28. The van der Waals surface area contributed by atoms with E-state index >= 15 is 0 Å². The van der Waals surface area contributed by atoms with Crippen LogP contribution >= 0.6 is 0 Å². The van der Waals surface area contributed by atoms with Gasteiger partial charge < -0.3 is 4.74 Å². The number of carbonyl (C=O) groups excluding carboxylic acids is 1. The average molecular weight is 322 g/mol. The van der Waals surface area contributed by atoms with Crippen molar-refractivity contribution in [2.75, 3.05) is 12.4 Å². The van der Waals surface area contributed by atoms with Crippen LogP contribution in [0.3, 0.4) is 0 Å². The predicted molar refractivity (Wildman–Crippen MR) is 85.5 cm³/mol. The Hall–Kier alpha value is -1.62. The fourth-order valence-corrected chi connectivity index (χ4v) is 4.09. The molecule has 5 heteroatoms. The molecule has 1 aliphatic rings. The smallest absolute Gasteiger partial charge is 0.339 e. The zero-order valence-corrected chi connectivity index (χ0v) is 13.6. The Balaban J connectivity index is 2.11. The first kappa shape index (κ1) is 16.7. The monoisotopic (exact) mass is 322 g/mol. The van der Waals surface area contributed by atoms with Gasteiger partial charge in [-0.25, -0.2) is 13.2 Å². The average Bonchev–Trinajstić information content (AvgIpc) is 2.53. The molecule has 0 aliphatic heterocycles. The largest absolute Gasteiger partial charge is 0.462 e. The van der Waals surface area contributed by atoms with Gasteiger partial charge in [-0.2, -0.15) is 0 Å². The molecular formula is C17H22O4S. The second kappa shape index (κ2) is 7.58. The van der Waals surface area contributed by atoms with Gasteiger partial charge in [0.2, 0.25) is 0 Å². The molecular weight excluding hydrogens is 300 g/mol. The Morgan fingerprint density at radius 1 is 1.27 bits per heavy atom. The van der Waals surface area contributed by atoms with E-state index in [4.69, 9.17) is 4.74 Å². The summed E-state index contributed by atoms with van der Waals surface area (Å²) < 4.78 is 29.8. The number of carbonyl (C=O) groups is 1. The molecule has 0 heterocycles. The van der Waals surface area contributed by atoms with E-state index in [0.29, 0.717) is 18.9 Å². The normalized spacial score (nSPS) is 18.1. The van der Waals surface area contributed by atoms with Crippen LogP contribution in [0.1, 0.15) is 43.0 Å². The van der Waals surface area contributed by atoms with Gasteiger partial charge >= 0.3 is 5.97 Å². The van der Waals surface area contributed by atoms with Crippen LogP contribution in [-0.4, -0.2) is 26.7 Å². The molecule has 0 bridgehead atoms. The molecule has 4 nitrogen and oxygen atoms in total. The van der Waals surface area contributed by atoms with E-state index in [1.807, 2.05) is 0 Å². The molecule has 1 atom stereocenters. The van der Waals surface area contributed by atoms with Gasteiger partial charge in [0.1, 0.15) is 0 Å². The van der Waals surface area contributed by atoms with Crippen molar-refractivity contribution < 1.29 is 17.9 Å². The van der Waals surface area contributed by atoms with Crippen LogP contribution in [0.5, 0.6) is 0 Å². The van der Waals surface area contributed by atoms with Crippen molar-refractivity contribution in [1.29, 1.82) is 0 Å². The zero-order valence-electron chi connectivity index (χ0n) is 12.8. The van der Waals surface area contributed by atoms with Crippen molar-refractivity contribution in [2.45, 2.75) is 37.5 Å². The van der Waals surface area contributed by atoms with Crippen LogP contribution in [0, 0.1) is 5.92 Å². The number of hydrogen-bond donors (Lipinski definition) is 0. The molecule has 0 amide bonds. The third-order valence-electron chi connectivity index (χ3n) is 3.74. The maximum absolute atomic E-state index is 12.3. The van der Waals surface area contributed by atoms with Gasteiger partial charge in [-0.3, -0.25) is 0 Å². The summed E-state index contributed by atoms with van der Waals surface area (Å²) in [7, 11) is -3.44. The summed E-state index contributed by atoms with van der Waals surface area (Å²) in [4.78, 5) is 12.3. The van der Waals surface area contributed by atoms with Crippen molar-refractivity contribution in [1.82, 2.24) is 0 Å². The lowest BCUT2D eigenvalue weighted by atomic mass is 9.95. The lowest BCUT2D eigenvalue weighted by molar-refractivity contribution is 0.0427.